The van der Waals surface area contributed by atoms with Gasteiger partial charge in [-0.3, -0.25) is 4.79 Å². The topological polar surface area (TPSA) is 114 Å². The van der Waals surface area contributed by atoms with Crippen LogP contribution in [0.2, 0.25) is 0 Å². The van der Waals surface area contributed by atoms with Gasteiger partial charge in [0.2, 0.25) is 0 Å². The highest BCUT2D eigenvalue weighted by Gasteiger charge is 2.51. The summed E-state index contributed by atoms with van der Waals surface area (Å²) in [5.74, 6) is -0.899. The number of rotatable bonds is 13. The second-order valence-corrected chi connectivity index (χ2v) is 10.3. The van der Waals surface area contributed by atoms with E-state index in [2.05, 4.69) is 12.2 Å². The van der Waals surface area contributed by atoms with Gasteiger partial charge in [0.25, 0.3) is 11.7 Å². The van der Waals surface area contributed by atoms with Crippen LogP contribution in [0.5, 0.6) is 0 Å². The van der Waals surface area contributed by atoms with Crippen molar-refractivity contribution in [3.8, 4) is 11.1 Å². The standard InChI is InChI=1S/C28H37NO7S/c1-3-37-17-7-16-35-28(27(33)34-2)19-23(30)18-25(36-28)24(31)14-15-29-26(32)22-12-10-21(11-13-22)20-8-5-4-6-9-20/h4-6,8-13,23-25,30-31H,3,7,14-19H2,1-2H3,(H,29,32)/t23?,24-,25-,28-/m1/s1. The molecule has 8 nitrogen and oxygen atoms in total. The molecule has 0 radical (unpaired) electrons. The van der Waals surface area contributed by atoms with E-state index in [9.17, 15) is 19.8 Å². The smallest absolute Gasteiger partial charge is 0.366 e. The summed E-state index contributed by atoms with van der Waals surface area (Å²) in [5.41, 5.74) is 2.60. The number of aliphatic hydroxyl groups excluding tert-OH is 2. The molecule has 1 heterocycles. The zero-order valence-electron chi connectivity index (χ0n) is 21.4. The van der Waals surface area contributed by atoms with E-state index < -0.39 is 30.1 Å². The van der Waals surface area contributed by atoms with E-state index in [1.807, 2.05) is 42.5 Å². The lowest BCUT2D eigenvalue weighted by Gasteiger charge is -2.42. The van der Waals surface area contributed by atoms with Crippen molar-refractivity contribution in [3.05, 3.63) is 60.2 Å². The number of hydrogen-bond acceptors (Lipinski definition) is 8. The minimum atomic E-state index is -1.77. The quantitative estimate of drug-likeness (QED) is 0.266. The first kappa shape index (κ1) is 29.1. The Bertz CT molecular complexity index is 988. The fraction of sp³-hybridized carbons (Fsp3) is 0.500. The maximum Gasteiger partial charge on any atom is 0.366 e. The maximum absolute atomic E-state index is 12.6. The Labute approximate surface area is 222 Å². The van der Waals surface area contributed by atoms with Crippen molar-refractivity contribution in [1.82, 2.24) is 5.32 Å². The van der Waals surface area contributed by atoms with E-state index in [4.69, 9.17) is 14.2 Å². The van der Waals surface area contributed by atoms with Crippen molar-refractivity contribution in [2.45, 2.75) is 56.7 Å². The molecule has 0 bridgehead atoms. The summed E-state index contributed by atoms with van der Waals surface area (Å²) in [7, 11) is 1.23. The van der Waals surface area contributed by atoms with Gasteiger partial charge in [-0.25, -0.2) is 4.79 Å². The van der Waals surface area contributed by atoms with Gasteiger partial charge in [0.15, 0.2) is 0 Å². The average Bonchev–Trinajstić information content (AvgIpc) is 2.92. The monoisotopic (exact) mass is 531 g/mol. The molecular weight excluding hydrogens is 494 g/mol. The summed E-state index contributed by atoms with van der Waals surface area (Å²) < 4.78 is 16.7. The fourth-order valence-corrected chi connectivity index (χ4v) is 4.90. The molecule has 4 atom stereocenters. The molecule has 1 fully saturated rings. The van der Waals surface area contributed by atoms with Crippen LogP contribution in [-0.4, -0.2) is 78.0 Å². The van der Waals surface area contributed by atoms with Crippen LogP contribution in [0, 0.1) is 0 Å². The summed E-state index contributed by atoms with van der Waals surface area (Å²) in [6.07, 6.45) is -1.83. The van der Waals surface area contributed by atoms with Crippen LogP contribution in [0.4, 0.5) is 0 Å². The van der Waals surface area contributed by atoms with Crippen LogP contribution in [0.15, 0.2) is 54.6 Å². The molecule has 37 heavy (non-hydrogen) atoms. The van der Waals surface area contributed by atoms with Crippen LogP contribution >= 0.6 is 11.8 Å². The molecule has 1 aliphatic rings. The van der Waals surface area contributed by atoms with E-state index in [1.165, 1.54) is 7.11 Å². The lowest BCUT2D eigenvalue weighted by Crippen LogP contribution is -2.56. The molecule has 9 heteroatoms. The van der Waals surface area contributed by atoms with Crippen molar-refractivity contribution >= 4 is 23.6 Å². The van der Waals surface area contributed by atoms with Crippen molar-refractivity contribution in [2.75, 3.05) is 31.8 Å². The van der Waals surface area contributed by atoms with E-state index in [-0.39, 0.29) is 38.3 Å². The number of carbonyl (C=O) groups excluding carboxylic acids is 2. The lowest BCUT2D eigenvalue weighted by molar-refractivity contribution is -0.301. The summed E-state index contributed by atoms with van der Waals surface area (Å²) in [4.78, 5) is 25.1. The predicted octanol–water partition coefficient (Wildman–Crippen LogP) is 3.40. The summed E-state index contributed by atoms with van der Waals surface area (Å²) in [6.45, 7) is 2.52. The third-order valence-electron chi connectivity index (χ3n) is 6.23. The predicted molar refractivity (Wildman–Crippen MR) is 143 cm³/mol. The molecule has 1 unspecified atom stereocenters. The molecule has 0 saturated carbocycles. The number of methoxy groups -OCH3 is 1. The second-order valence-electron chi connectivity index (χ2n) is 8.95. The molecule has 3 rings (SSSR count). The fourth-order valence-electron chi connectivity index (χ4n) is 4.29. The molecule has 1 amide bonds. The molecular formula is C28H37NO7S. The highest BCUT2D eigenvalue weighted by Crippen LogP contribution is 2.34. The number of thioether (sulfide) groups is 1. The van der Waals surface area contributed by atoms with Crippen molar-refractivity contribution < 1.29 is 34.0 Å². The average molecular weight is 532 g/mol. The third-order valence-corrected chi connectivity index (χ3v) is 7.21. The largest absolute Gasteiger partial charge is 0.465 e. The first-order chi connectivity index (χ1) is 17.9. The minimum absolute atomic E-state index is 0.0699. The van der Waals surface area contributed by atoms with E-state index >= 15 is 0 Å². The SMILES string of the molecule is CCSCCCO[C@]1(C(=O)OC)CC(O)C[C@H]([C@H](O)CCNC(=O)c2ccc(-c3ccccc3)cc2)O1. The number of ether oxygens (including phenoxy) is 3. The third kappa shape index (κ3) is 8.28. The summed E-state index contributed by atoms with van der Waals surface area (Å²) >= 11 is 1.76. The molecule has 0 spiro atoms. The maximum atomic E-state index is 12.6. The first-order valence-corrected chi connectivity index (χ1v) is 13.8. The molecule has 2 aromatic carbocycles. The van der Waals surface area contributed by atoms with Gasteiger partial charge in [0.05, 0.1) is 32.0 Å². The van der Waals surface area contributed by atoms with Gasteiger partial charge in [-0.15, -0.1) is 0 Å². The van der Waals surface area contributed by atoms with Gasteiger partial charge in [0, 0.05) is 24.9 Å². The van der Waals surface area contributed by atoms with Crippen LogP contribution in [0.25, 0.3) is 11.1 Å². The Morgan fingerprint density at radius 2 is 1.86 bits per heavy atom. The highest BCUT2D eigenvalue weighted by molar-refractivity contribution is 7.99. The van der Waals surface area contributed by atoms with Gasteiger partial charge < -0.3 is 29.7 Å². The number of aliphatic hydroxyl groups is 2. The van der Waals surface area contributed by atoms with Crippen LogP contribution < -0.4 is 5.32 Å². The highest BCUT2D eigenvalue weighted by atomic mass is 32.2. The second kappa shape index (κ2) is 14.5. The zero-order valence-corrected chi connectivity index (χ0v) is 22.2. The van der Waals surface area contributed by atoms with Crippen molar-refractivity contribution in [1.29, 1.82) is 0 Å². The summed E-state index contributed by atoms with van der Waals surface area (Å²) in [6, 6.07) is 17.2. The van der Waals surface area contributed by atoms with E-state index in [0.29, 0.717) is 12.0 Å². The van der Waals surface area contributed by atoms with Gasteiger partial charge in [0.1, 0.15) is 0 Å². The molecule has 0 aliphatic carbocycles. The van der Waals surface area contributed by atoms with Crippen LogP contribution in [-0.2, 0) is 19.0 Å². The number of benzene rings is 2. The lowest BCUT2D eigenvalue weighted by atomic mass is 9.94. The number of hydrogen-bond donors (Lipinski definition) is 3. The Hall–Kier alpha value is -2.43. The molecule has 1 saturated heterocycles. The molecule has 2 aromatic rings. The Morgan fingerprint density at radius 3 is 2.54 bits per heavy atom. The minimum Gasteiger partial charge on any atom is -0.465 e. The number of nitrogens with one attached hydrogen (secondary N) is 1. The first-order valence-electron chi connectivity index (χ1n) is 12.7. The Kier molecular flexibility index (Phi) is 11.4. The van der Waals surface area contributed by atoms with Crippen molar-refractivity contribution in [2.24, 2.45) is 0 Å². The van der Waals surface area contributed by atoms with E-state index in [1.54, 1.807) is 23.9 Å². The van der Waals surface area contributed by atoms with Gasteiger partial charge in [-0.1, -0.05) is 49.4 Å². The van der Waals surface area contributed by atoms with Gasteiger partial charge in [-0.2, -0.15) is 11.8 Å². The normalized spacial score (nSPS) is 22.3. The summed E-state index contributed by atoms with van der Waals surface area (Å²) in [5, 5.41) is 24.0. The van der Waals surface area contributed by atoms with Crippen LogP contribution in [0.3, 0.4) is 0 Å². The molecule has 0 aromatic heterocycles. The molecule has 1 aliphatic heterocycles. The number of amides is 1. The zero-order chi connectivity index (χ0) is 26.7. The number of esters is 1. The number of carbonyl (C=O) groups is 2. The van der Waals surface area contributed by atoms with Crippen LogP contribution in [0.1, 0.15) is 43.0 Å². The van der Waals surface area contributed by atoms with Gasteiger partial charge in [-0.05, 0) is 47.6 Å². The van der Waals surface area contributed by atoms with E-state index in [0.717, 1.165) is 22.6 Å². The molecule has 3 N–H and O–H groups in total. The van der Waals surface area contributed by atoms with Crippen molar-refractivity contribution in [3.63, 3.8) is 0 Å². The Morgan fingerprint density at radius 1 is 1.16 bits per heavy atom. The Balaban J connectivity index is 1.53. The van der Waals surface area contributed by atoms with Gasteiger partial charge >= 0.3 is 5.97 Å². The molecule has 202 valence electrons.